The van der Waals surface area contributed by atoms with E-state index in [0.717, 1.165) is 62.0 Å². The summed E-state index contributed by atoms with van der Waals surface area (Å²) in [6.07, 6.45) is 7.87. The Morgan fingerprint density at radius 3 is 1.95 bits per heavy atom. The van der Waals surface area contributed by atoms with Gasteiger partial charge >= 0.3 is 0 Å². The average Bonchev–Trinajstić information content (AvgIpc) is 3.05. The van der Waals surface area contributed by atoms with Crippen LogP contribution in [0.4, 0.5) is 0 Å². The molecule has 4 aromatic rings. The third kappa shape index (κ3) is 5.56. The molecule has 0 bridgehead atoms. The van der Waals surface area contributed by atoms with Gasteiger partial charge in [0.15, 0.2) is 0 Å². The number of allylic oxidation sites excluding steroid dienone is 3. The lowest BCUT2D eigenvalue weighted by molar-refractivity contribution is -0.000427. The van der Waals surface area contributed by atoms with E-state index in [1.165, 1.54) is 0 Å². The predicted molar refractivity (Wildman–Crippen MR) is 167 cm³/mol. The summed E-state index contributed by atoms with van der Waals surface area (Å²) in [6, 6.07) is 28.4. The minimum atomic E-state index is -0.959. The quantitative estimate of drug-likeness (QED) is 0.172. The maximum absolute atomic E-state index is 7.07. The van der Waals surface area contributed by atoms with Gasteiger partial charge in [0.1, 0.15) is 35.2 Å². The van der Waals surface area contributed by atoms with Crippen LogP contribution in [-0.4, -0.2) is 21.3 Å². The Balaban J connectivity index is 1.59. The zero-order valence-electron chi connectivity index (χ0n) is 24.6. The molecule has 1 heterocycles. The molecular weight excluding hydrogens is 524 g/mol. The first-order valence-electron chi connectivity index (χ1n) is 13.9. The van der Waals surface area contributed by atoms with Crippen molar-refractivity contribution in [1.82, 2.24) is 0 Å². The predicted octanol–water partition coefficient (Wildman–Crippen LogP) is 8.42. The van der Waals surface area contributed by atoms with Crippen LogP contribution in [0.15, 0.2) is 121 Å². The van der Waals surface area contributed by atoms with Crippen LogP contribution in [0, 0.1) is 0 Å². The molecule has 0 spiro atoms. The van der Waals surface area contributed by atoms with Gasteiger partial charge in [-0.25, -0.2) is 0 Å². The van der Waals surface area contributed by atoms with E-state index in [0.29, 0.717) is 13.2 Å². The highest BCUT2D eigenvalue weighted by Crippen LogP contribution is 2.44. The van der Waals surface area contributed by atoms with Crippen LogP contribution in [0.25, 0.3) is 11.1 Å². The molecule has 4 aromatic carbocycles. The summed E-state index contributed by atoms with van der Waals surface area (Å²) in [6.45, 7) is 6.82. The van der Waals surface area contributed by atoms with Gasteiger partial charge in [0.05, 0.1) is 27.9 Å². The number of hydrogen-bond donors (Lipinski definition) is 0. The lowest BCUT2D eigenvalue weighted by Crippen LogP contribution is -2.33. The Kier molecular flexibility index (Phi) is 8.80. The van der Waals surface area contributed by atoms with Crippen LogP contribution in [0.5, 0.6) is 23.0 Å². The number of benzene rings is 4. The summed E-state index contributed by atoms with van der Waals surface area (Å²) < 4.78 is 29.6. The van der Waals surface area contributed by atoms with Crippen molar-refractivity contribution in [2.75, 3.05) is 21.3 Å². The Hall–Kier alpha value is -4.74. The summed E-state index contributed by atoms with van der Waals surface area (Å²) >= 11 is 0. The first-order chi connectivity index (χ1) is 20.6. The van der Waals surface area contributed by atoms with Crippen molar-refractivity contribution in [2.24, 2.45) is 0 Å². The number of rotatable bonds is 11. The van der Waals surface area contributed by atoms with Gasteiger partial charge in [0, 0.05) is 11.1 Å². The normalized spacial score (nSPS) is 12.7. The van der Waals surface area contributed by atoms with Crippen molar-refractivity contribution in [1.29, 1.82) is 0 Å². The molecule has 1 aliphatic rings. The van der Waals surface area contributed by atoms with Crippen LogP contribution in [-0.2, 0) is 23.6 Å². The SMILES string of the molecule is C=C/C=C(\C=C/C)C(OCc1ccc2c(c1)OCc1cc(OC)ccc1-2)(c1ccc(OC)cc1)c1ccc(OC)cc1. The molecule has 214 valence electrons. The standard InChI is InChI=1S/C37H36O5/c1-6-8-28(9-7-2)37(29-11-15-31(38-3)16-12-29,30-13-17-32(39-4)18-14-30)42-24-26-10-20-35-34-21-19-33(40-5)23-27(34)25-41-36(35)22-26/h6-23H,1,24-25H2,2-5H3/b9-7-,28-8+. The van der Waals surface area contributed by atoms with Gasteiger partial charge in [-0.05, 0) is 77.2 Å². The van der Waals surface area contributed by atoms with Crippen molar-refractivity contribution in [3.05, 3.63) is 144 Å². The molecule has 0 fully saturated rings. The second kappa shape index (κ2) is 12.8. The van der Waals surface area contributed by atoms with Crippen LogP contribution < -0.4 is 18.9 Å². The first-order valence-corrected chi connectivity index (χ1v) is 13.9. The molecule has 0 saturated heterocycles. The molecule has 1 aliphatic heterocycles. The molecule has 0 aromatic heterocycles. The lowest BCUT2D eigenvalue weighted by atomic mass is 9.79. The fourth-order valence-corrected chi connectivity index (χ4v) is 5.42. The van der Waals surface area contributed by atoms with E-state index in [2.05, 4.69) is 36.9 Å². The van der Waals surface area contributed by atoms with Crippen molar-refractivity contribution in [3.8, 4) is 34.1 Å². The van der Waals surface area contributed by atoms with Gasteiger partial charge in [-0.2, -0.15) is 0 Å². The van der Waals surface area contributed by atoms with Crippen molar-refractivity contribution >= 4 is 0 Å². The minimum absolute atomic E-state index is 0.330. The topological polar surface area (TPSA) is 46.2 Å². The molecule has 0 unspecified atom stereocenters. The highest BCUT2D eigenvalue weighted by molar-refractivity contribution is 5.76. The first kappa shape index (κ1) is 28.8. The molecule has 0 N–H and O–H groups in total. The van der Waals surface area contributed by atoms with Gasteiger partial charge in [0.25, 0.3) is 0 Å². The number of hydrogen-bond acceptors (Lipinski definition) is 5. The molecular formula is C37H36O5. The largest absolute Gasteiger partial charge is 0.497 e. The second-order valence-corrected chi connectivity index (χ2v) is 9.93. The molecule has 42 heavy (non-hydrogen) atoms. The van der Waals surface area contributed by atoms with E-state index in [9.17, 15) is 0 Å². The highest BCUT2D eigenvalue weighted by atomic mass is 16.5. The van der Waals surface area contributed by atoms with Crippen LogP contribution in [0.2, 0.25) is 0 Å². The maximum Gasteiger partial charge on any atom is 0.144 e. The van der Waals surface area contributed by atoms with Crippen molar-refractivity contribution < 1.29 is 23.7 Å². The monoisotopic (exact) mass is 560 g/mol. The highest BCUT2D eigenvalue weighted by Gasteiger charge is 2.39. The molecule has 5 nitrogen and oxygen atoms in total. The van der Waals surface area contributed by atoms with Gasteiger partial charge < -0.3 is 23.7 Å². The zero-order valence-corrected chi connectivity index (χ0v) is 24.6. The Labute approximate surface area is 248 Å². The third-order valence-corrected chi connectivity index (χ3v) is 7.53. The maximum atomic E-state index is 7.07. The fraction of sp³-hybridized carbons (Fsp3) is 0.189. The molecule has 0 amide bonds. The van der Waals surface area contributed by atoms with Gasteiger partial charge in [0.2, 0.25) is 0 Å². The van der Waals surface area contributed by atoms with Crippen LogP contribution >= 0.6 is 0 Å². The van der Waals surface area contributed by atoms with E-state index in [-0.39, 0.29) is 0 Å². The third-order valence-electron chi connectivity index (χ3n) is 7.53. The van der Waals surface area contributed by atoms with Gasteiger partial charge in [-0.1, -0.05) is 73.3 Å². The molecule has 5 heteroatoms. The van der Waals surface area contributed by atoms with Crippen LogP contribution in [0.1, 0.15) is 29.2 Å². The van der Waals surface area contributed by atoms with E-state index in [1.54, 1.807) is 27.4 Å². The van der Waals surface area contributed by atoms with E-state index in [1.807, 2.05) is 79.7 Å². The Morgan fingerprint density at radius 2 is 1.38 bits per heavy atom. The van der Waals surface area contributed by atoms with Crippen molar-refractivity contribution in [3.63, 3.8) is 0 Å². The molecule has 0 aliphatic carbocycles. The lowest BCUT2D eigenvalue weighted by Gasteiger charge is -2.37. The van der Waals surface area contributed by atoms with Crippen LogP contribution in [0.3, 0.4) is 0 Å². The number of methoxy groups -OCH3 is 3. The number of fused-ring (bicyclic) bond motifs is 3. The molecule has 0 radical (unpaired) electrons. The second-order valence-electron chi connectivity index (χ2n) is 9.93. The van der Waals surface area contributed by atoms with E-state index >= 15 is 0 Å². The van der Waals surface area contributed by atoms with Gasteiger partial charge in [-0.3, -0.25) is 0 Å². The smallest absolute Gasteiger partial charge is 0.144 e. The zero-order chi connectivity index (χ0) is 29.5. The average molecular weight is 561 g/mol. The summed E-state index contributed by atoms with van der Waals surface area (Å²) in [5.74, 6) is 3.20. The summed E-state index contributed by atoms with van der Waals surface area (Å²) in [5.41, 5.74) is 6.20. The van der Waals surface area contributed by atoms with Crippen molar-refractivity contribution in [2.45, 2.75) is 25.7 Å². The van der Waals surface area contributed by atoms with E-state index in [4.69, 9.17) is 23.7 Å². The Morgan fingerprint density at radius 1 is 0.786 bits per heavy atom. The van der Waals surface area contributed by atoms with E-state index < -0.39 is 5.60 Å². The molecule has 5 rings (SSSR count). The fourth-order valence-electron chi connectivity index (χ4n) is 5.42. The summed E-state index contributed by atoms with van der Waals surface area (Å²) in [7, 11) is 5.01. The summed E-state index contributed by atoms with van der Waals surface area (Å²) in [4.78, 5) is 0. The summed E-state index contributed by atoms with van der Waals surface area (Å²) in [5, 5.41) is 0. The molecule has 0 atom stereocenters. The minimum Gasteiger partial charge on any atom is -0.497 e. The van der Waals surface area contributed by atoms with Gasteiger partial charge in [-0.15, -0.1) is 0 Å². The Bertz CT molecular complexity index is 1550. The number of ether oxygens (including phenoxy) is 5. The molecule has 0 saturated carbocycles.